The summed E-state index contributed by atoms with van der Waals surface area (Å²) in [6.45, 7) is 1.83. The van der Waals surface area contributed by atoms with Gasteiger partial charge in [-0.05, 0) is 17.5 Å². The Labute approximate surface area is 150 Å². The first kappa shape index (κ1) is 17.9. The lowest BCUT2D eigenvalue weighted by Gasteiger charge is -2.30. The molecule has 1 saturated heterocycles. The Morgan fingerprint density at radius 3 is 2.50 bits per heavy atom. The first-order chi connectivity index (χ1) is 12.3. The summed E-state index contributed by atoms with van der Waals surface area (Å²) in [7, 11) is 3.77. The van der Waals surface area contributed by atoms with Gasteiger partial charge in [-0.15, -0.1) is 5.06 Å². The molecule has 0 spiro atoms. The van der Waals surface area contributed by atoms with Crippen LogP contribution in [0.4, 0.5) is 5.69 Å². The summed E-state index contributed by atoms with van der Waals surface area (Å²) < 4.78 is 5.40. The molecule has 2 heterocycles. The second-order valence-corrected chi connectivity index (χ2v) is 6.68. The fraction of sp³-hybridized carbons (Fsp3) is 0.444. The van der Waals surface area contributed by atoms with E-state index in [2.05, 4.69) is 0 Å². The SMILES string of the molecule is CC1c2ccc(N(C)C)cc2OC(=O)C1CC(=O)ON1C(=O)CCC1=O. The number of hydroxylamine groups is 2. The summed E-state index contributed by atoms with van der Waals surface area (Å²) in [5.74, 6) is -2.97. The predicted octanol–water partition coefficient (Wildman–Crippen LogP) is 1.39. The molecule has 8 nitrogen and oxygen atoms in total. The van der Waals surface area contributed by atoms with E-state index >= 15 is 0 Å². The lowest BCUT2D eigenvalue weighted by atomic mass is 9.83. The summed E-state index contributed by atoms with van der Waals surface area (Å²) >= 11 is 0. The third-order valence-corrected chi connectivity index (χ3v) is 4.71. The number of nitrogens with zero attached hydrogens (tertiary/aromatic N) is 2. The number of imide groups is 1. The molecule has 0 aliphatic carbocycles. The third-order valence-electron chi connectivity index (χ3n) is 4.71. The van der Waals surface area contributed by atoms with E-state index in [0.29, 0.717) is 10.8 Å². The number of esters is 1. The van der Waals surface area contributed by atoms with Crippen LogP contribution < -0.4 is 9.64 Å². The van der Waals surface area contributed by atoms with Crippen LogP contribution in [-0.4, -0.2) is 42.9 Å². The number of benzene rings is 1. The average molecular weight is 360 g/mol. The van der Waals surface area contributed by atoms with Crippen molar-refractivity contribution in [2.45, 2.75) is 32.1 Å². The summed E-state index contributed by atoms with van der Waals surface area (Å²) in [5.41, 5.74) is 1.72. The molecular formula is C18H20N2O6. The molecular weight excluding hydrogens is 340 g/mol. The molecule has 1 fully saturated rings. The van der Waals surface area contributed by atoms with Gasteiger partial charge in [0.1, 0.15) is 5.75 Å². The van der Waals surface area contributed by atoms with Gasteiger partial charge in [0, 0.05) is 38.7 Å². The van der Waals surface area contributed by atoms with Crippen molar-refractivity contribution in [1.29, 1.82) is 0 Å². The first-order valence-corrected chi connectivity index (χ1v) is 8.37. The van der Waals surface area contributed by atoms with Crippen molar-refractivity contribution in [3.05, 3.63) is 23.8 Å². The van der Waals surface area contributed by atoms with E-state index in [1.807, 2.05) is 38.1 Å². The van der Waals surface area contributed by atoms with Gasteiger partial charge >= 0.3 is 11.9 Å². The van der Waals surface area contributed by atoms with Crippen molar-refractivity contribution in [1.82, 2.24) is 5.06 Å². The quantitative estimate of drug-likeness (QED) is 0.455. The van der Waals surface area contributed by atoms with Crippen molar-refractivity contribution < 1.29 is 28.8 Å². The zero-order valence-electron chi connectivity index (χ0n) is 14.9. The number of rotatable bonds is 4. The minimum absolute atomic E-state index is 0.0234. The van der Waals surface area contributed by atoms with Crippen LogP contribution in [-0.2, 0) is 24.0 Å². The van der Waals surface area contributed by atoms with Crippen LogP contribution in [0.1, 0.15) is 37.7 Å². The summed E-state index contributed by atoms with van der Waals surface area (Å²) in [6, 6.07) is 5.55. The van der Waals surface area contributed by atoms with Gasteiger partial charge in [0.15, 0.2) is 0 Å². The van der Waals surface area contributed by atoms with Crippen molar-refractivity contribution >= 4 is 29.4 Å². The largest absolute Gasteiger partial charge is 0.426 e. The summed E-state index contributed by atoms with van der Waals surface area (Å²) in [5, 5.41) is 0.485. The number of carbonyl (C=O) groups excluding carboxylic acids is 4. The molecule has 138 valence electrons. The molecule has 1 aromatic rings. The Morgan fingerprint density at radius 1 is 1.23 bits per heavy atom. The molecule has 2 amide bonds. The monoisotopic (exact) mass is 360 g/mol. The first-order valence-electron chi connectivity index (χ1n) is 8.37. The van der Waals surface area contributed by atoms with Crippen molar-refractivity contribution in [3.63, 3.8) is 0 Å². The molecule has 8 heteroatoms. The number of hydrogen-bond acceptors (Lipinski definition) is 7. The molecule has 0 aromatic heterocycles. The van der Waals surface area contributed by atoms with E-state index in [9.17, 15) is 19.2 Å². The normalized spacial score (nSPS) is 22.1. The van der Waals surface area contributed by atoms with E-state index in [1.54, 1.807) is 6.07 Å². The molecule has 2 aliphatic heterocycles. The lowest BCUT2D eigenvalue weighted by Crippen LogP contribution is -2.36. The molecule has 0 bridgehead atoms. The number of fused-ring (bicyclic) bond motifs is 1. The number of carbonyl (C=O) groups is 4. The lowest BCUT2D eigenvalue weighted by molar-refractivity contribution is -0.198. The third kappa shape index (κ3) is 3.26. The fourth-order valence-electron chi connectivity index (χ4n) is 3.11. The Bertz CT molecular complexity index is 772. The van der Waals surface area contributed by atoms with Gasteiger partial charge < -0.3 is 14.5 Å². The fourth-order valence-corrected chi connectivity index (χ4v) is 3.11. The predicted molar refractivity (Wildman–Crippen MR) is 90.1 cm³/mol. The van der Waals surface area contributed by atoms with Crippen LogP contribution in [0.2, 0.25) is 0 Å². The number of anilines is 1. The summed E-state index contributed by atoms with van der Waals surface area (Å²) in [4.78, 5) is 54.3. The maximum atomic E-state index is 12.4. The van der Waals surface area contributed by atoms with Crippen LogP contribution in [0.3, 0.4) is 0 Å². The number of amides is 2. The Hall–Kier alpha value is -2.90. The van der Waals surface area contributed by atoms with Crippen LogP contribution in [0.5, 0.6) is 5.75 Å². The van der Waals surface area contributed by atoms with E-state index in [-0.39, 0.29) is 25.2 Å². The Balaban J connectivity index is 1.73. The molecule has 26 heavy (non-hydrogen) atoms. The zero-order chi connectivity index (χ0) is 19.0. The molecule has 0 saturated carbocycles. The topological polar surface area (TPSA) is 93.2 Å². The minimum atomic E-state index is -0.809. The highest BCUT2D eigenvalue weighted by Crippen LogP contribution is 2.40. The summed E-state index contributed by atoms with van der Waals surface area (Å²) in [6.07, 6.45) is -0.225. The standard InChI is InChI=1S/C18H20N2O6/c1-10-12-5-4-11(19(2)3)8-14(12)25-18(24)13(10)9-17(23)26-20-15(21)6-7-16(20)22/h4-5,8,10,13H,6-7,9H2,1-3H3. The van der Waals surface area contributed by atoms with Gasteiger partial charge in [-0.2, -0.15) is 0 Å². The molecule has 0 N–H and O–H groups in total. The smallest absolute Gasteiger partial charge is 0.334 e. The van der Waals surface area contributed by atoms with E-state index < -0.39 is 29.7 Å². The Kier molecular flexibility index (Phi) is 4.67. The van der Waals surface area contributed by atoms with Gasteiger partial charge in [0.05, 0.1) is 12.3 Å². The zero-order valence-corrected chi connectivity index (χ0v) is 14.9. The molecule has 2 atom stereocenters. The molecule has 3 rings (SSSR count). The molecule has 1 aromatic carbocycles. The maximum absolute atomic E-state index is 12.4. The van der Waals surface area contributed by atoms with E-state index in [1.165, 1.54) is 0 Å². The highest BCUT2D eigenvalue weighted by atomic mass is 16.7. The molecule has 2 aliphatic rings. The van der Waals surface area contributed by atoms with Gasteiger partial charge in [0.25, 0.3) is 11.8 Å². The van der Waals surface area contributed by atoms with Gasteiger partial charge in [-0.1, -0.05) is 13.0 Å². The van der Waals surface area contributed by atoms with Crippen molar-refractivity contribution in [2.75, 3.05) is 19.0 Å². The second kappa shape index (κ2) is 6.78. The highest BCUT2D eigenvalue weighted by Gasteiger charge is 2.39. The van der Waals surface area contributed by atoms with Gasteiger partial charge in [-0.25, -0.2) is 4.79 Å². The van der Waals surface area contributed by atoms with Crippen molar-refractivity contribution in [3.8, 4) is 5.75 Å². The van der Waals surface area contributed by atoms with Crippen LogP contribution in [0, 0.1) is 5.92 Å². The van der Waals surface area contributed by atoms with E-state index in [4.69, 9.17) is 9.57 Å². The van der Waals surface area contributed by atoms with Gasteiger partial charge in [-0.3, -0.25) is 14.4 Å². The van der Waals surface area contributed by atoms with Crippen LogP contribution in [0.25, 0.3) is 0 Å². The minimum Gasteiger partial charge on any atom is -0.426 e. The Morgan fingerprint density at radius 2 is 1.88 bits per heavy atom. The second-order valence-electron chi connectivity index (χ2n) is 6.68. The van der Waals surface area contributed by atoms with Crippen molar-refractivity contribution in [2.24, 2.45) is 5.92 Å². The molecule has 2 unspecified atom stereocenters. The molecule has 0 radical (unpaired) electrons. The number of hydrogen-bond donors (Lipinski definition) is 0. The van der Waals surface area contributed by atoms with Crippen LogP contribution >= 0.6 is 0 Å². The average Bonchev–Trinajstić information content (AvgIpc) is 2.90. The van der Waals surface area contributed by atoms with Crippen LogP contribution in [0.15, 0.2) is 18.2 Å². The van der Waals surface area contributed by atoms with Gasteiger partial charge in [0.2, 0.25) is 0 Å². The number of ether oxygens (including phenoxy) is 1. The maximum Gasteiger partial charge on any atom is 0.334 e. The van der Waals surface area contributed by atoms with E-state index in [0.717, 1.165) is 11.3 Å². The highest BCUT2D eigenvalue weighted by molar-refractivity contribution is 6.01.